The number of hydrogen-bond acceptors (Lipinski definition) is 4. The molecule has 1 aromatic carbocycles. The average molecular weight is 355 g/mol. The average Bonchev–Trinajstić information content (AvgIpc) is 3.38. The summed E-state index contributed by atoms with van der Waals surface area (Å²) in [6.45, 7) is 4.50. The molecule has 4 rings (SSSR count). The molecule has 1 aliphatic heterocycles. The minimum Gasteiger partial charge on any atom is -0.339 e. The first-order chi connectivity index (χ1) is 12.1. The van der Waals surface area contributed by atoms with Crippen molar-refractivity contribution in [1.82, 2.24) is 14.8 Å². The van der Waals surface area contributed by atoms with Crippen molar-refractivity contribution in [1.29, 1.82) is 0 Å². The monoisotopic (exact) mass is 355 g/mol. The maximum absolute atomic E-state index is 12.7. The van der Waals surface area contributed by atoms with Gasteiger partial charge in [-0.3, -0.25) is 9.59 Å². The Hall–Kier alpha value is -2.21. The van der Waals surface area contributed by atoms with Gasteiger partial charge < -0.3 is 9.80 Å². The number of hydrogen-bond donors (Lipinski definition) is 0. The molecule has 6 heteroatoms. The standard InChI is InChI=1S/C19H21N3O2S/c1-13-2-4-14(5-3-13)17-20-16(12-25-17)19(24)22-10-8-21(9-11-22)18(23)15-6-7-15/h2-5,12,15H,6-11H2,1H3. The molecule has 2 fully saturated rings. The lowest BCUT2D eigenvalue weighted by atomic mass is 10.2. The molecule has 0 radical (unpaired) electrons. The molecule has 130 valence electrons. The Balaban J connectivity index is 1.40. The van der Waals surface area contributed by atoms with Gasteiger partial charge in [0, 0.05) is 43.0 Å². The van der Waals surface area contributed by atoms with E-state index in [0.717, 1.165) is 23.4 Å². The highest BCUT2D eigenvalue weighted by Crippen LogP contribution is 2.31. The van der Waals surface area contributed by atoms with Gasteiger partial charge in [0.05, 0.1) is 0 Å². The molecular formula is C19H21N3O2S. The number of thiazole rings is 1. The number of benzene rings is 1. The fourth-order valence-corrected chi connectivity index (χ4v) is 3.88. The van der Waals surface area contributed by atoms with Crippen LogP contribution in [0.3, 0.4) is 0 Å². The molecule has 1 aromatic heterocycles. The molecule has 2 amide bonds. The van der Waals surface area contributed by atoms with Gasteiger partial charge in [-0.15, -0.1) is 11.3 Å². The minimum absolute atomic E-state index is 0.0341. The van der Waals surface area contributed by atoms with Gasteiger partial charge in [0.2, 0.25) is 5.91 Å². The van der Waals surface area contributed by atoms with E-state index in [9.17, 15) is 9.59 Å². The summed E-state index contributed by atoms with van der Waals surface area (Å²) in [5, 5.41) is 2.70. The van der Waals surface area contributed by atoms with Crippen molar-refractivity contribution >= 4 is 23.2 Å². The number of piperazine rings is 1. The Morgan fingerprint density at radius 1 is 1.04 bits per heavy atom. The number of aryl methyl sites for hydroxylation is 1. The number of carbonyl (C=O) groups is 2. The smallest absolute Gasteiger partial charge is 0.273 e. The maximum Gasteiger partial charge on any atom is 0.273 e. The summed E-state index contributed by atoms with van der Waals surface area (Å²) >= 11 is 1.50. The first-order valence-corrected chi connectivity index (χ1v) is 9.60. The van der Waals surface area contributed by atoms with Crippen LogP contribution in [-0.2, 0) is 4.79 Å². The van der Waals surface area contributed by atoms with Crippen LogP contribution in [0.25, 0.3) is 10.6 Å². The molecule has 0 bridgehead atoms. The molecular weight excluding hydrogens is 334 g/mol. The molecule has 0 N–H and O–H groups in total. The van der Waals surface area contributed by atoms with Crippen LogP contribution < -0.4 is 0 Å². The number of rotatable bonds is 3. The Bertz CT molecular complexity index is 787. The molecule has 1 aliphatic carbocycles. The third-order valence-corrected chi connectivity index (χ3v) is 5.72. The second kappa shape index (κ2) is 6.59. The van der Waals surface area contributed by atoms with E-state index in [2.05, 4.69) is 4.98 Å². The predicted molar refractivity (Wildman–Crippen MR) is 97.5 cm³/mol. The fraction of sp³-hybridized carbons (Fsp3) is 0.421. The summed E-state index contributed by atoms with van der Waals surface area (Å²) in [6, 6.07) is 8.16. The Kier molecular flexibility index (Phi) is 4.29. The minimum atomic E-state index is -0.0341. The maximum atomic E-state index is 12.7. The third kappa shape index (κ3) is 3.44. The van der Waals surface area contributed by atoms with E-state index in [0.29, 0.717) is 31.9 Å². The summed E-state index contributed by atoms with van der Waals surface area (Å²) < 4.78 is 0. The molecule has 25 heavy (non-hydrogen) atoms. The molecule has 5 nitrogen and oxygen atoms in total. The number of carbonyl (C=O) groups excluding carboxylic acids is 2. The number of amides is 2. The van der Waals surface area contributed by atoms with Crippen molar-refractivity contribution in [2.75, 3.05) is 26.2 Å². The van der Waals surface area contributed by atoms with Crippen molar-refractivity contribution in [3.05, 3.63) is 40.9 Å². The summed E-state index contributed by atoms with van der Waals surface area (Å²) in [5.41, 5.74) is 2.74. The van der Waals surface area contributed by atoms with Crippen molar-refractivity contribution < 1.29 is 9.59 Å². The molecule has 0 atom stereocenters. The van der Waals surface area contributed by atoms with E-state index < -0.39 is 0 Å². The van der Waals surface area contributed by atoms with Gasteiger partial charge in [0.15, 0.2) is 0 Å². The Labute approximate surface area is 151 Å². The SMILES string of the molecule is Cc1ccc(-c2nc(C(=O)N3CCN(C(=O)C4CC4)CC3)cs2)cc1. The molecule has 0 spiro atoms. The number of nitrogens with zero attached hydrogens (tertiary/aromatic N) is 3. The van der Waals surface area contributed by atoms with Gasteiger partial charge >= 0.3 is 0 Å². The second-order valence-electron chi connectivity index (χ2n) is 6.80. The summed E-state index contributed by atoms with van der Waals surface area (Å²) in [5.74, 6) is 0.480. The zero-order chi connectivity index (χ0) is 17.4. The van der Waals surface area contributed by atoms with Gasteiger partial charge in [0.1, 0.15) is 10.7 Å². The van der Waals surface area contributed by atoms with Gasteiger partial charge in [-0.05, 0) is 19.8 Å². The van der Waals surface area contributed by atoms with Gasteiger partial charge in [-0.1, -0.05) is 29.8 Å². The van der Waals surface area contributed by atoms with Crippen LogP contribution in [0.5, 0.6) is 0 Å². The highest BCUT2D eigenvalue weighted by atomic mass is 32.1. The van der Waals surface area contributed by atoms with Crippen LogP contribution in [0.15, 0.2) is 29.6 Å². The van der Waals surface area contributed by atoms with E-state index in [-0.39, 0.29) is 17.7 Å². The van der Waals surface area contributed by atoms with Gasteiger partial charge in [-0.25, -0.2) is 4.98 Å². The molecule has 1 saturated carbocycles. The van der Waals surface area contributed by atoms with E-state index in [4.69, 9.17) is 0 Å². The van der Waals surface area contributed by atoms with Crippen molar-refractivity contribution in [3.8, 4) is 10.6 Å². The largest absolute Gasteiger partial charge is 0.339 e. The van der Waals surface area contributed by atoms with Gasteiger partial charge in [-0.2, -0.15) is 0 Å². The summed E-state index contributed by atoms with van der Waals surface area (Å²) in [4.78, 5) is 33.0. The van der Waals surface area contributed by atoms with Crippen molar-refractivity contribution in [2.45, 2.75) is 19.8 Å². The second-order valence-corrected chi connectivity index (χ2v) is 7.65. The molecule has 2 aromatic rings. The van der Waals surface area contributed by atoms with E-state index >= 15 is 0 Å². The Morgan fingerprint density at radius 3 is 2.32 bits per heavy atom. The predicted octanol–water partition coefficient (Wildman–Crippen LogP) is 2.81. The normalized spacial score (nSPS) is 17.6. The van der Waals surface area contributed by atoms with Crippen LogP contribution in [0.2, 0.25) is 0 Å². The van der Waals surface area contributed by atoms with Crippen LogP contribution in [0.4, 0.5) is 0 Å². The van der Waals surface area contributed by atoms with Crippen LogP contribution in [0.1, 0.15) is 28.9 Å². The quantitative estimate of drug-likeness (QED) is 0.851. The Morgan fingerprint density at radius 2 is 1.68 bits per heavy atom. The van der Waals surface area contributed by atoms with Crippen molar-refractivity contribution in [2.24, 2.45) is 5.92 Å². The van der Waals surface area contributed by atoms with E-state index in [1.54, 1.807) is 0 Å². The highest BCUT2D eigenvalue weighted by Gasteiger charge is 2.35. The van der Waals surface area contributed by atoms with Gasteiger partial charge in [0.25, 0.3) is 5.91 Å². The zero-order valence-electron chi connectivity index (χ0n) is 14.3. The summed E-state index contributed by atoms with van der Waals surface area (Å²) in [7, 11) is 0. The third-order valence-electron chi connectivity index (χ3n) is 4.83. The van der Waals surface area contributed by atoms with E-state index in [1.807, 2.05) is 46.4 Å². The molecule has 1 saturated heterocycles. The molecule has 0 unspecified atom stereocenters. The first-order valence-electron chi connectivity index (χ1n) is 8.72. The molecule has 2 aliphatic rings. The zero-order valence-corrected chi connectivity index (χ0v) is 15.1. The van der Waals surface area contributed by atoms with Crippen LogP contribution in [0, 0.1) is 12.8 Å². The van der Waals surface area contributed by atoms with Crippen molar-refractivity contribution in [3.63, 3.8) is 0 Å². The van der Waals surface area contributed by atoms with E-state index in [1.165, 1.54) is 16.9 Å². The first kappa shape index (κ1) is 16.3. The number of aromatic nitrogens is 1. The topological polar surface area (TPSA) is 53.5 Å². The lowest BCUT2D eigenvalue weighted by Crippen LogP contribution is -2.51. The lowest BCUT2D eigenvalue weighted by molar-refractivity contribution is -0.134. The fourth-order valence-electron chi connectivity index (χ4n) is 3.08. The highest BCUT2D eigenvalue weighted by molar-refractivity contribution is 7.13. The lowest BCUT2D eigenvalue weighted by Gasteiger charge is -2.34. The molecule has 2 heterocycles. The van der Waals surface area contributed by atoms with Crippen LogP contribution in [-0.4, -0.2) is 52.8 Å². The van der Waals surface area contributed by atoms with Crippen LogP contribution >= 0.6 is 11.3 Å². The summed E-state index contributed by atoms with van der Waals surface area (Å²) in [6.07, 6.45) is 2.05.